The molecule has 0 atom stereocenters. The Morgan fingerprint density at radius 3 is 2.94 bits per heavy atom. The van der Waals surface area contributed by atoms with Gasteiger partial charge in [0.1, 0.15) is 11.9 Å². The molecular formula is C13H11ClFN3. The van der Waals surface area contributed by atoms with E-state index in [0.29, 0.717) is 28.3 Å². The van der Waals surface area contributed by atoms with Gasteiger partial charge in [-0.15, -0.1) is 0 Å². The number of aromatic nitrogens is 1. The quantitative estimate of drug-likeness (QED) is 0.918. The highest BCUT2D eigenvalue weighted by atomic mass is 35.5. The summed E-state index contributed by atoms with van der Waals surface area (Å²) in [6, 6.07) is 4.75. The molecule has 1 aromatic carbocycles. The van der Waals surface area contributed by atoms with Crippen molar-refractivity contribution < 1.29 is 4.39 Å². The average Bonchev–Trinajstić information content (AvgIpc) is 2.39. The van der Waals surface area contributed by atoms with Gasteiger partial charge >= 0.3 is 0 Å². The van der Waals surface area contributed by atoms with E-state index >= 15 is 0 Å². The number of benzene rings is 1. The minimum Gasteiger partial charge on any atom is -0.383 e. The van der Waals surface area contributed by atoms with Crippen molar-refractivity contribution in [2.24, 2.45) is 0 Å². The Morgan fingerprint density at radius 2 is 2.28 bits per heavy atom. The van der Waals surface area contributed by atoms with Crippen LogP contribution in [0.15, 0.2) is 18.3 Å². The zero-order chi connectivity index (χ0) is 13.1. The van der Waals surface area contributed by atoms with E-state index in [-0.39, 0.29) is 5.39 Å². The molecule has 2 rings (SSSR count). The molecule has 5 heteroatoms. The molecule has 1 aromatic heterocycles. The monoisotopic (exact) mass is 263 g/mol. The normalized spacial score (nSPS) is 10.3. The molecule has 0 amide bonds. The number of nitrogens with zero attached hydrogens (tertiary/aromatic N) is 2. The number of rotatable bonds is 3. The summed E-state index contributed by atoms with van der Waals surface area (Å²) in [4.78, 5) is 4.05. The van der Waals surface area contributed by atoms with Gasteiger partial charge in [0, 0.05) is 12.7 Å². The third kappa shape index (κ3) is 2.09. The second-order valence-electron chi connectivity index (χ2n) is 3.84. The first-order valence-corrected chi connectivity index (χ1v) is 5.97. The molecule has 0 unspecified atom stereocenters. The Kier molecular flexibility index (Phi) is 3.63. The molecule has 0 aliphatic rings. The Balaban J connectivity index is 2.76. The number of nitrogens with one attached hydrogen (secondary N) is 1. The third-order valence-corrected chi connectivity index (χ3v) is 2.90. The van der Waals surface area contributed by atoms with Crippen molar-refractivity contribution in [3.63, 3.8) is 0 Å². The Bertz CT molecular complexity index is 634. The second-order valence-corrected chi connectivity index (χ2v) is 4.25. The van der Waals surface area contributed by atoms with Gasteiger partial charge in [0.05, 0.1) is 27.2 Å². The minimum absolute atomic E-state index is 0.273. The fourth-order valence-electron chi connectivity index (χ4n) is 1.75. The number of pyridine rings is 1. The predicted molar refractivity (Wildman–Crippen MR) is 70.2 cm³/mol. The largest absolute Gasteiger partial charge is 0.383 e. The number of anilines is 1. The fraction of sp³-hybridized carbons (Fsp3) is 0.231. The summed E-state index contributed by atoms with van der Waals surface area (Å²) in [6.45, 7) is 2.64. The molecule has 0 aliphatic carbocycles. The first kappa shape index (κ1) is 12.6. The number of nitriles is 1. The van der Waals surface area contributed by atoms with Gasteiger partial charge in [-0.1, -0.05) is 18.5 Å². The van der Waals surface area contributed by atoms with Crippen molar-refractivity contribution in [3.05, 3.63) is 34.7 Å². The summed E-state index contributed by atoms with van der Waals surface area (Å²) in [5, 5.41) is 12.8. The maximum Gasteiger partial charge on any atom is 0.134 e. The van der Waals surface area contributed by atoms with Gasteiger partial charge in [0.2, 0.25) is 0 Å². The lowest BCUT2D eigenvalue weighted by Crippen LogP contribution is -2.04. The molecule has 92 valence electrons. The van der Waals surface area contributed by atoms with Gasteiger partial charge in [-0.05, 0) is 18.6 Å². The maximum absolute atomic E-state index is 13.9. The first-order chi connectivity index (χ1) is 8.69. The molecule has 0 saturated heterocycles. The van der Waals surface area contributed by atoms with Gasteiger partial charge in [-0.25, -0.2) is 4.39 Å². The van der Waals surface area contributed by atoms with Crippen LogP contribution in [-0.4, -0.2) is 11.5 Å². The van der Waals surface area contributed by atoms with Crippen LogP contribution in [0.3, 0.4) is 0 Å². The van der Waals surface area contributed by atoms with Crippen LogP contribution in [0.2, 0.25) is 5.02 Å². The highest BCUT2D eigenvalue weighted by molar-refractivity contribution is 6.35. The van der Waals surface area contributed by atoms with Crippen LogP contribution in [0.25, 0.3) is 10.9 Å². The van der Waals surface area contributed by atoms with Gasteiger partial charge < -0.3 is 5.32 Å². The maximum atomic E-state index is 13.9. The van der Waals surface area contributed by atoms with Crippen LogP contribution in [-0.2, 0) is 0 Å². The molecule has 0 saturated carbocycles. The lowest BCUT2D eigenvalue weighted by molar-refractivity contribution is 0.639. The van der Waals surface area contributed by atoms with Gasteiger partial charge in [-0.2, -0.15) is 5.26 Å². The molecule has 0 spiro atoms. The molecule has 18 heavy (non-hydrogen) atoms. The van der Waals surface area contributed by atoms with E-state index in [4.69, 9.17) is 16.9 Å². The lowest BCUT2D eigenvalue weighted by Gasteiger charge is -2.11. The highest BCUT2D eigenvalue weighted by Crippen LogP contribution is 2.32. The molecule has 1 heterocycles. The number of hydrogen-bond acceptors (Lipinski definition) is 3. The van der Waals surface area contributed by atoms with Crippen LogP contribution in [0.4, 0.5) is 10.1 Å². The molecule has 0 radical (unpaired) electrons. The van der Waals surface area contributed by atoms with E-state index in [1.54, 1.807) is 0 Å². The predicted octanol–water partition coefficient (Wildman–Crippen LogP) is 3.72. The van der Waals surface area contributed by atoms with Gasteiger partial charge in [0.25, 0.3) is 0 Å². The van der Waals surface area contributed by atoms with Crippen molar-refractivity contribution in [1.82, 2.24) is 4.98 Å². The van der Waals surface area contributed by atoms with Crippen LogP contribution in [0.5, 0.6) is 0 Å². The first-order valence-electron chi connectivity index (χ1n) is 5.59. The van der Waals surface area contributed by atoms with Crippen molar-refractivity contribution in [3.8, 4) is 6.07 Å². The van der Waals surface area contributed by atoms with Crippen molar-refractivity contribution in [2.45, 2.75) is 13.3 Å². The second kappa shape index (κ2) is 5.19. The zero-order valence-electron chi connectivity index (χ0n) is 9.80. The van der Waals surface area contributed by atoms with Crippen LogP contribution in [0, 0.1) is 17.1 Å². The standard InChI is InChI=1S/C13H11ClFN3/c1-2-5-17-12-8(6-16)7-18-13-9(14)3-4-10(15)11(12)13/h3-4,7H,2,5H2,1H3,(H,17,18). The third-order valence-electron chi connectivity index (χ3n) is 2.59. The molecule has 3 nitrogen and oxygen atoms in total. The smallest absolute Gasteiger partial charge is 0.134 e. The van der Waals surface area contributed by atoms with Gasteiger partial charge in [0.15, 0.2) is 0 Å². The summed E-state index contributed by atoms with van der Waals surface area (Å²) in [7, 11) is 0. The lowest BCUT2D eigenvalue weighted by atomic mass is 10.1. The number of hydrogen-bond donors (Lipinski definition) is 1. The Labute approximate surface area is 109 Å². The Hall–Kier alpha value is -1.86. The Morgan fingerprint density at radius 1 is 1.50 bits per heavy atom. The number of fused-ring (bicyclic) bond motifs is 1. The molecular weight excluding hydrogens is 253 g/mol. The molecule has 1 N–H and O–H groups in total. The summed E-state index contributed by atoms with van der Waals surface area (Å²) >= 11 is 5.99. The summed E-state index contributed by atoms with van der Waals surface area (Å²) in [6.07, 6.45) is 2.28. The van der Waals surface area contributed by atoms with E-state index < -0.39 is 5.82 Å². The summed E-state index contributed by atoms with van der Waals surface area (Å²) in [5.41, 5.74) is 1.15. The van der Waals surface area contributed by atoms with E-state index in [9.17, 15) is 4.39 Å². The average molecular weight is 264 g/mol. The van der Waals surface area contributed by atoms with Crippen molar-refractivity contribution in [1.29, 1.82) is 5.26 Å². The van der Waals surface area contributed by atoms with Crippen molar-refractivity contribution >= 4 is 28.2 Å². The fourth-order valence-corrected chi connectivity index (χ4v) is 1.96. The van der Waals surface area contributed by atoms with E-state index in [0.717, 1.165) is 6.42 Å². The van der Waals surface area contributed by atoms with Gasteiger partial charge in [-0.3, -0.25) is 4.98 Å². The minimum atomic E-state index is -0.433. The van der Waals surface area contributed by atoms with E-state index in [2.05, 4.69) is 10.3 Å². The van der Waals surface area contributed by atoms with Crippen LogP contribution >= 0.6 is 11.6 Å². The molecule has 2 aromatic rings. The zero-order valence-corrected chi connectivity index (χ0v) is 10.6. The summed E-state index contributed by atoms with van der Waals surface area (Å²) < 4.78 is 13.9. The topological polar surface area (TPSA) is 48.7 Å². The molecule has 0 aliphatic heterocycles. The highest BCUT2D eigenvalue weighted by Gasteiger charge is 2.14. The molecule has 0 fully saturated rings. The SMILES string of the molecule is CCCNc1c(C#N)cnc2c(Cl)ccc(F)c12. The van der Waals surface area contributed by atoms with E-state index in [1.165, 1.54) is 18.3 Å². The van der Waals surface area contributed by atoms with Crippen LogP contribution < -0.4 is 5.32 Å². The van der Waals surface area contributed by atoms with Crippen LogP contribution in [0.1, 0.15) is 18.9 Å². The van der Waals surface area contributed by atoms with Crippen molar-refractivity contribution in [2.75, 3.05) is 11.9 Å². The number of halogens is 2. The summed E-state index contributed by atoms with van der Waals surface area (Å²) in [5.74, 6) is -0.433. The van der Waals surface area contributed by atoms with E-state index in [1.807, 2.05) is 13.0 Å². The molecule has 0 bridgehead atoms.